The molecule has 10 heteroatoms. The molecule has 4 rings (SSSR count). The molecule has 0 aliphatic rings. The number of hydrogen-bond acceptors (Lipinski definition) is 5. The predicted molar refractivity (Wildman–Crippen MR) is 112 cm³/mol. The van der Waals surface area contributed by atoms with Gasteiger partial charge in [-0.25, -0.2) is 14.3 Å². The Bertz CT molecular complexity index is 1300. The first-order chi connectivity index (χ1) is 13.8. The molecule has 0 aliphatic carbocycles. The maximum Gasteiger partial charge on any atom is 0.266 e. The van der Waals surface area contributed by atoms with Gasteiger partial charge in [-0.15, -0.1) is 0 Å². The highest BCUT2D eigenvalue weighted by Crippen LogP contribution is 2.18. The molecule has 0 unspecified atom stereocenters. The minimum absolute atomic E-state index is 0.159. The lowest BCUT2D eigenvalue weighted by molar-refractivity contribution is -0.116. The molecular formula is C19H18BrN7O2. The predicted octanol–water partition coefficient (Wildman–Crippen LogP) is 2.33. The number of halogens is 1. The lowest BCUT2D eigenvalue weighted by Crippen LogP contribution is -2.28. The normalized spacial score (nSPS) is 11.2. The molecule has 0 radical (unpaired) electrons. The van der Waals surface area contributed by atoms with E-state index >= 15 is 0 Å². The molecule has 148 valence electrons. The Morgan fingerprint density at radius 1 is 1.21 bits per heavy atom. The van der Waals surface area contributed by atoms with E-state index in [4.69, 9.17) is 0 Å². The van der Waals surface area contributed by atoms with Crippen LogP contribution < -0.4 is 10.9 Å². The molecule has 0 bridgehead atoms. The lowest BCUT2D eigenvalue weighted by atomic mass is 10.2. The second-order valence-electron chi connectivity index (χ2n) is 6.73. The van der Waals surface area contributed by atoms with Gasteiger partial charge in [-0.1, -0.05) is 6.07 Å². The van der Waals surface area contributed by atoms with Crippen molar-refractivity contribution in [3.63, 3.8) is 0 Å². The van der Waals surface area contributed by atoms with Gasteiger partial charge in [0.1, 0.15) is 22.9 Å². The lowest BCUT2D eigenvalue weighted by Gasteiger charge is -2.10. The number of fused-ring (bicyclic) bond motifs is 1. The summed E-state index contributed by atoms with van der Waals surface area (Å²) in [5.74, 6) is -0.334. The highest BCUT2D eigenvalue weighted by molar-refractivity contribution is 9.10. The molecule has 1 amide bonds. The molecule has 0 fully saturated rings. The van der Waals surface area contributed by atoms with Gasteiger partial charge in [-0.2, -0.15) is 10.2 Å². The summed E-state index contributed by atoms with van der Waals surface area (Å²) in [7, 11) is 1.70. The fourth-order valence-electron chi connectivity index (χ4n) is 3.21. The maximum absolute atomic E-state index is 12.7. The van der Waals surface area contributed by atoms with Crippen molar-refractivity contribution in [1.29, 1.82) is 0 Å². The van der Waals surface area contributed by atoms with Crippen LogP contribution >= 0.6 is 15.9 Å². The van der Waals surface area contributed by atoms with E-state index in [-0.39, 0.29) is 18.0 Å². The summed E-state index contributed by atoms with van der Waals surface area (Å²) in [6.07, 6.45) is 1.35. The number of nitrogens with zero attached hydrogens (tertiary/aromatic N) is 6. The first-order valence-corrected chi connectivity index (χ1v) is 9.64. The number of hydrogen-bond donors (Lipinski definition) is 1. The molecule has 1 N–H and O–H groups in total. The molecule has 0 aliphatic heterocycles. The Labute approximate surface area is 174 Å². The van der Waals surface area contributed by atoms with Crippen molar-refractivity contribution in [2.75, 3.05) is 5.32 Å². The second-order valence-corrected chi connectivity index (χ2v) is 7.48. The molecule has 3 heterocycles. The average molecular weight is 456 g/mol. The minimum Gasteiger partial charge on any atom is -0.324 e. The smallest absolute Gasteiger partial charge is 0.266 e. The van der Waals surface area contributed by atoms with E-state index < -0.39 is 0 Å². The summed E-state index contributed by atoms with van der Waals surface area (Å²) >= 11 is 3.27. The summed E-state index contributed by atoms with van der Waals surface area (Å²) in [4.78, 5) is 29.4. The van der Waals surface area contributed by atoms with Gasteiger partial charge in [0.05, 0.1) is 11.4 Å². The molecule has 0 spiro atoms. The summed E-state index contributed by atoms with van der Waals surface area (Å²) < 4.78 is 4.98. The Morgan fingerprint density at radius 3 is 2.72 bits per heavy atom. The van der Waals surface area contributed by atoms with Crippen LogP contribution in [0.3, 0.4) is 0 Å². The number of amides is 1. The monoisotopic (exact) mass is 455 g/mol. The standard InChI is InChI=1S/C19H18BrN7O2/c1-11-7-12(2)27(23-11)14-6-4-5-13(8-14)22-15(28)9-26-10-21-18-16(19(26)29)17(20)24-25(18)3/h4-8,10H,9H2,1-3H3,(H,22,28). The Hall–Kier alpha value is -3.27. The number of carbonyl (C=O) groups is 1. The molecule has 0 saturated carbocycles. The van der Waals surface area contributed by atoms with Crippen LogP contribution in [0.15, 0.2) is 46.1 Å². The first-order valence-electron chi connectivity index (χ1n) is 8.84. The van der Waals surface area contributed by atoms with Gasteiger partial charge in [0.2, 0.25) is 5.91 Å². The zero-order chi connectivity index (χ0) is 20.7. The van der Waals surface area contributed by atoms with Gasteiger partial charge in [0, 0.05) is 18.4 Å². The Balaban J connectivity index is 1.56. The molecule has 4 aromatic rings. The number of aromatic nitrogens is 6. The van der Waals surface area contributed by atoms with E-state index in [1.165, 1.54) is 15.6 Å². The van der Waals surface area contributed by atoms with Gasteiger partial charge in [0.25, 0.3) is 5.56 Å². The summed E-state index contributed by atoms with van der Waals surface area (Å²) in [6, 6.07) is 9.36. The van der Waals surface area contributed by atoms with Crippen molar-refractivity contribution in [2.45, 2.75) is 20.4 Å². The highest BCUT2D eigenvalue weighted by Gasteiger charge is 2.15. The molecule has 0 atom stereocenters. The van der Waals surface area contributed by atoms with Crippen molar-refractivity contribution < 1.29 is 4.79 Å². The van der Waals surface area contributed by atoms with Crippen molar-refractivity contribution in [3.05, 3.63) is 63.0 Å². The Kier molecular flexibility index (Phi) is 4.79. The van der Waals surface area contributed by atoms with E-state index in [0.29, 0.717) is 21.3 Å². The largest absolute Gasteiger partial charge is 0.324 e. The Morgan fingerprint density at radius 2 is 2.00 bits per heavy atom. The summed E-state index contributed by atoms with van der Waals surface area (Å²) in [5, 5.41) is 11.8. The third-order valence-electron chi connectivity index (χ3n) is 4.47. The fourth-order valence-corrected chi connectivity index (χ4v) is 3.79. The van der Waals surface area contributed by atoms with E-state index in [1.807, 2.05) is 42.8 Å². The maximum atomic E-state index is 12.7. The van der Waals surface area contributed by atoms with Crippen LogP contribution in [0.4, 0.5) is 5.69 Å². The quantitative estimate of drug-likeness (QED) is 0.508. The number of nitrogens with one attached hydrogen (secondary N) is 1. The number of carbonyl (C=O) groups excluding carboxylic acids is 1. The topological polar surface area (TPSA) is 99.6 Å². The van der Waals surface area contributed by atoms with Crippen LogP contribution in [0, 0.1) is 13.8 Å². The van der Waals surface area contributed by atoms with Crippen molar-refractivity contribution in [3.8, 4) is 5.69 Å². The highest BCUT2D eigenvalue weighted by atomic mass is 79.9. The van der Waals surface area contributed by atoms with E-state index in [0.717, 1.165) is 17.1 Å². The van der Waals surface area contributed by atoms with Crippen molar-refractivity contribution in [2.24, 2.45) is 7.05 Å². The summed E-state index contributed by atoms with van der Waals surface area (Å²) in [6.45, 7) is 3.74. The van der Waals surface area contributed by atoms with Gasteiger partial charge < -0.3 is 5.32 Å². The van der Waals surface area contributed by atoms with Crippen LogP contribution in [0.25, 0.3) is 16.7 Å². The molecule has 0 saturated heterocycles. The molecule has 1 aromatic carbocycles. The van der Waals surface area contributed by atoms with Gasteiger partial charge in [0.15, 0.2) is 5.65 Å². The number of rotatable bonds is 4. The van der Waals surface area contributed by atoms with Gasteiger partial charge in [-0.3, -0.25) is 14.2 Å². The van der Waals surface area contributed by atoms with Crippen molar-refractivity contribution in [1.82, 2.24) is 29.1 Å². The molecule has 3 aromatic heterocycles. The van der Waals surface area contributed by atoms with Crippen LogP contribution in [0.1, 0.15) is 11.4 Å². The van der Waals surface area contributed by atoms with Gasteiger partial charge in [-0.05, 0) is 54.0 Å². The summed E-state index contributed by atoms with van der Waals surface area (Å²) in [5.41, 5.74) is 3.50. The number of benzene rings is 1. The number of anilines is 1. The van der Waals surface area contributed by atoms with Crippen LogP contribution in [0.2, 0.25) is 0 Å². The first kappa shape index (κ1) is 19.1. The minimum atomic E-state index is -0.334. The van der Waals surface area contributed by atoms with E-state index in [9.17, 15) is 9.59 Å². The van der Waals surface area contributed by atoms with Crippen molar-refractivity contribution >= 4 is 38.6 Å². The number of aryl methyl sites for hydroxylation is 3. The molecule has 29 heavy (non-hydrogen) atoms. The zero-order valence-corrected chi connectivity index (χ0v) is 17.6. The average Bonchev–Trinajstić information content (AvgIpc) is 3.15. The van der Waals surface area contributed by atoms with Crippen LogP contribution in [-0.2, 0) is 18.4 Å². The second kappa shape index (κ2) is 7.28. The molecule has 9 nitrogen and oxygen atoms in total. The van der Waals surface area contributed by atoms with E-state index in [2.05, 4.69) is 36.4 Å². The zero-order valence-electron chi connectivity index (χ0n) is 16.0. The van der Waals surface area contributed by atoms with Gasteiger partial charge >= 0.3 is 0 Å². The molecular weight excluding hydrogens is 438 g/mol. The van der Waals surface area contributed by atoms with Crippen LogP contribution in [-0.4, -0.2) is 35.0 Å². The third-order valence-corrected chi connectivity index (χ3v) is 5.02. The SMILES string of the molecule is Cc1cc(C)n(-c2cccc(NC(=O)Cn3cnc4c(c(Br)nn4C)c3=O)c2)n1. The van der Waals surface area contributed by atoms with E-state index in [1.54, 1.807) is 13.1 Å². The fraction of sp³-hybridized carbons (Fsp3) is 0.211. The third kappa shape index (κ3) is 3.58. The van der Waals surface area contributed by atoms with Crippen LogP contribution in [0.5, 0.6) is 0 Å².